The van der Waals surface area contributed by atoms with Crippen LogP contribution in [0.3, 0.4) is 0 Å². The number of carbonyl (C=O) groups is 4. The molecule has 0 aromatic heterocycles. The number of Topliss-reactive ketones (excluding diaryl/α,β-unsaturated/α-hetero) is 1. The number of ketones is 1. The first-order chi connectivity index (χ1) is 17.0. The molecule has 0 radical (unpaired) electrons. The molecule has 1 unspecified atom stereocenters. The summed E-state index contributed by atoms with van der Waals surface area (Å²) < 4.78 is 38.5. The number of likely N-dealkylation sites (tertiary alicyclic amines) is 1. The van der Waals surface area contributed by atoms with E-state index in [-0.39, 0.29) is 6.54 Å². The van der Waals surface area contributed by atoms with E-state index < -0.39 is 53.3 Å². The van der Waals surface area contributed by atoms with Gasteiger partial charge >= 0.3 is 12.1 Å². The van der Waals surface area contributed by atoms with Crippen LogP contribution >= 0.6 is 0 Å². The maximum absolute atomic E-state index is 13.4. The van der Waals surface area contributed by atoms with Gasteiger partial charge in [0, 0.05) is 6.54 Å². The summed E-state index contributed by atoms with van der Waals surface area (Å²) >= 11 is 0. The van der Waals surface area contributed by atoms with E-state index in [0.717, 1.165) is 31.4 Å². The van der Waals surface area contributed by atoms with Gasteiger partial charge in [0.25, 0.3) is 0 Å². The molecule has 1 aliphatic heterocycles. The lowest BCUT2D eigenvalue weighted by molar-refractivity contribution is -0.143. The maximum atomic E-state index is 13.4. The Morgan fingerprint density at radius 2 is 1.50 bits per heavy atom. The zero-order valence-corrected chi connectivity index (χ0v) is 19.3. The summed E-state index contributed by atoms with van der Waals surface area (Å²) in [6, 6.07) is 11.7. The number of nitrogens with one attached hydrogen (secondary N) is 1. The highest BCUT2D eigenvalue weighted by Gasteiger charge is 2.60. The van der Waals surface area contributed by atoms with Crippen LogP contribution in [0, 0.1) is 5.92 Å². The van der Waals surface area contributed by atoms with Gasteiger partial charge in [-0.2, -0.15) is 13.2 Å². The smallest absolute Gasteiger partial charge is 0.416 e. The summed E-state index contributed by atoms with van der Waals surface area (Å²) in [7, 11) is 0. The van der Waals surface area contributed by atoms with Gasteiger partial charge in [0.15, 0.2) is 11.7 Å². The van der Waals surface area contributed by atoms with E-state index in [9.17, 15) is 32.3 Å². The van der Waals surface area contributed by atoms with Crippen molar-refractivity contribution in [2.24, 2.45) is 5.92 Å². The molecule has 2 N–H and O–H groups in total. The summed E-state index contributed by atoms with van der Waals surface area (Å²) in [4.78, 5) is 51.5. The minimum Gasteiger partial charge on any atom is -0.480 e. The quantitative estimate of drug-likeness (QED) is 0.585. The third-order valence-corrected chi connectivity index (χ3v) is 6.95. The molecule has 10 heteroatoms. The predicted molar refractivity (Wildman–Crippen MR) is 122 cm³/mol. The van der Waals surface area contributed by atoms with E-state index in [2.05, 4.69) is 5.32 Å². The van der Waals surface area contributed by atoms with E-state index in [4.69, 9.17) is 5.11 Å². The normalized spacial score (nSPS) is 19.5. The minimum absolute atomic E-state index is 0.0839. The lowest BCUT2D eigenvalue weighted by atomic mass is 9.77. The number of benzene rings is 2. The van der Waals surface area contributed by atoms with Gasteiger partial charge in [-0.25, -0.2) is 0 Å². The summed E-state index contributed by atoms with van der Waals surface area (Å²) in [6.07, 6.45) is -1.18. The number of rotatable bonds is 6. The SMILES string of the molecule is O=C(O)CNC(=O)C1C(=O)N(Cc2ccc(-c3ccc(C(F)(F)F)cc3)cc2)C2(CCCCC2)C1=O. The molecule has 1 heterocycles. The van der Waals surface area contributed by atoms with E-state index in [0.29, 0.717) is 29.5 Å². The summed E-state index contributed by atoms with van der Waals surface area (Å²) in [6.45, 7) is -0.602. The molecule has 1 aliphatic carbocycles. The highest BCUT2D eigenvalue weighted by atomic mass is 19.4. The fourth-order valence-corrected chi connectivity index (χ4v) is 5.10. The van der Waals surface area contributed by atoms with Gasteiger partial charge in [-0.3, -0.25) is 19.2 Å². The number of amides is 2. The molecular weight excluding hydrogens is 477 g/mol. The van der Waals surface area contributed by atoms with Crippen molar-refractivity contribution in [2.75, 3.05) is 6.54 Å². The van der Waals surface area contributed by atoms with Crippen molar-refractivity contribution in [3.8, 4) is 11.1 Å². The molecule has 1 atom stereocenters. The van der Waals surface area contributed by atoms with Crippen molar-refractivity contribution in [1.82, 2.24) is 10.2 Å². The highest BCUT2D eigenvalue weighted by molar-refractivity contribution is 6.25. The average Bonchev–Trinajstić information content (AvgIpc) is 3.04. The van der Waals surface area contributed by atoms with Crippen molar-refractivity contribution in [3.63, 3.8) is 0 Å². The van der Waals surface area contributed by atoms with Crippen LogP contribution in [0.1, 0.15) is 43.2 Å². The lowest BCUT2D eigenvalue weighted by Crippen LogP contribution is -2.50. The molecule has 36 heavy (non-hydrogen) atoms. The topological polar surface area (TPSA) is 104 Å². The second kappa shape index (κ2) is 9.75. The van der Waals surface area contributed by atoms with Crippen molar-refractivity contribution < 1.29 is 37.5 Å². The number of carboxylic acids is 1. The Labute approximate surface area is 205 Å². The first-order valence-electron chi connectivity index (χ1n) is 11.6. The fraction of sp³-hybridized carbons (Fsp3) is 0.385. The van der Waals surface area contributed by atoms with Gasteiger partial charge in [0.1, 0.15) is 12.1 Å². The standard InChI is InChI=1S/C26H25F3N2O5/c27-26(28,29)19-10-8-18(9-11-19)17-6-4-16(5-7-17)15-31-24(36)21(23(35)30-14-20(32)33)22(34)25(31)12-2-1-3-13-25/h4-11,21H,1-3,12-15H2,(H,30,35)(H,32,33). The number of hydrogen-bond donors (Lipinski definition) is 2. The molecule has 7 nitrogen and oxygen atoms in total. The largest absolute Gasteiger partial charge is 0.480 e. The van der Waals surface area contributed by atoms with Gasteiger partial charge in [0.2, 0.25) is 11.8 Å². The van der Waals surface area contributed by atoms with E-state index in [1.807, 2.05) is 0 Å². The molecular formula is C26H25F3N2O5. The Kier molecular flexibility index (Phi) is 6.88. The van der Waals surface area contributed by atoms with Crippen LogP contribution in [0.15, 0.2) is 48.5 Å². The summed E-state index contributed by atoms with van der Waals surface area (Å²) in [5, 5.41) is 11.0. The van der Waals surface area contributed by atoms with Gasteiger partial charge in [0.05, 0.1) is 5.56 Å². The van der Waals surface area contributed by atoms with Crippen molar-refractivity contribution in [2.45, 2.75) is 50.4 Å². The van der Waals surface area contributed by atoms with Crippen LogP contribution in [0.4, 0.5) is 13.2 Å². The number of nitrogens with zero attached hydrogens (tertiary/aromatic N) is 1. The third-order valence-electron chi connectivity index (χ3n) is 6.95. The van der Waals surface area contributed by atoms with Crippen molar-refractivity contribution >= 4 is 23.6 Å². The summed E-state index contributed by atoms with van der Waals surface area (Å²) in [5.74, 6) is -4.89. The van der Waals surface area contributed by atoms with Crippen molar-refractivity contribution in [3.05, 3.63) is 59.7 Å². The van der Waals surface area contributed by atoms with Crippen LogP contribution in [-0.2, 0) is 31.9 Å². The van der Waals surface area contributed by atoms with Crippen LogP contribution in [-0.4, -0.2) is 45.7 Å². The van der Waals surface area contributed by atoms with Crippen LogP contribution in [0.5, 0.6) is 0 Å². The number of hydrogen-bond acceptors (Lipinski definition) is 4. The highest BCUT2D eigenvalue weighted by Crippen LogP contribution is 2.43. The molecule has 2 aliphatic rings. The van der Waals surface area contributed by atoms with E-state index in [1.54, 1.807) is 24.3 Å². The number of halogens is 3. The fourth-order valence-electron chi connectivity index (χ4n) is 5.10. The molecule has 2 aromatic carbocycles. The monoisotopic (exact) mass is 502 g/mol. The number of aliphatic carboxylic acids is 1. The zero-order chi connectivity index (χ0) is 26.1. The number of alkyl halides is 3. The second-order valence-corrected chi connectivity index (χ2v) is 9.20. The molecule has 4 rings (SSSR count). The molecule has 190 valence electrons. The molecule has 1 saturated carbocycles. The second-order valence-electron chi connectivity index (χ2n) is 9.20. The lowest BCUT2D eigenvalue weighted by Gasteiger charge is -2.40. The van der Waals surface area contributed by atoms with Gasteiger partial charge < -0.3 is 15.3 Å². The Morgan fingerprint density at radius 1 is 0.944 bits per heavy atom. The Balaban J connectivity index is 1.56. The molecule has 1 saturated heterocycles. The Morgan fingerprint density at radius 3 is 2.03 bits per heavy atom. The minimum atomic E-state index is -4.42. The molecule has 0 bridgehead atoms. The van der Waals surface area contributed by atoms with Crippen molar-refractivity contribution in [1.29, 1.82) is 0 Å². The van der Waals surface area contributed by atoms with E-state index >= 15 is 0 Å². The first-order valence-corrected chi connectivity index (χ1v) is 11.6. The Bertz CT molecular complexity index is 1170. The first kappa shape index (κ1) is 25.4. The predicted octanol–water partition coefficient (Wildman–Crippen LogP) is 3.80. The Hall–Kier alpha value is -3.69. The van der Waals surface area contributed by atoms with E-state index in [1.165, 1.54) is 17.0 Å². The number of carbonyl (C=O) groups excluding carboxylic acids is 3. The molecule has 2 amide bonds. The van der Waals surface area contributed by atoms with Crippen LogP contribution < -0.4 is 5.32 Å². The third kappa shape index (κ3) is 4.84. The summed E-state index contributed by atoms with van der Waals surface area (Å²) in [5.41, 5.74) is 0.144. The zero-order valence-electron chi connectivity index (χ0n) is 19.3. The molecule has 2 fully saturated rings. The van der Waals surface area contributed by atoms with Crippen LogP contribution in [0.25, 0.3) is 11.1 Å². The maximum Gasteiger partial charge on any atom is 0.416 e. The molecule has 2 aromatic rings. The van der Waals surface area contributed by atoms with Gasteiger partial charge in [-0.15, -0.1) is 0 Å². The van der Waals surface area contributed by atoms with Gasteiger partial charge in [-0.05, 0) is 41.7 Å². The number of carboxylic acid groups (broad SMARTS) is 1. The molecule has 1 spiro atoms. The van der Waals surface area contributed by atoms with Crippen LogP contribution in [0.2, 0.25) is 0 Å². The average molecular weight is 502 g/mol. The van der Waals surface area contributed by atoms with Gasteiger partial charge in [-0.1, -0.05) is 55.7 Å².